The predicted octanol–water partition coefficient (Wildman–Crippen LogP) is 2.82. The van der Waals surface area contributed by atoms with Crippen molar-refractivity contribution in [1.29, 1.82) is 0 Å². The highest BCUT2D eigenvalue weighted by molar-refractivity contribution is 5.95. The van der Waals surface area contributed by atoms with E-state index in [-0.39, 0.29) is 24.1 Å². The van der Waals surface area contributed by atoms with Crippen LogP contribution in [-0.2, 0) is 0 Å². The molecule has 5 nitrogen and oxygen atoms in total. The molecule has 1 fully saturated rings. The summed E-state index contributed by atoms with van der Waals surface area (Å²) in [6.45, 7) is 6.65. The number of amides is 1. The molecule has 5 heteroatoms. The molecule has 1 saturated heterocycles. The van der Waals surface area contributed by atoms with Crippen LogP contribution in [0.2, 0.25) is 0 Å². The van der Waals surface area contributed by atoms with Gasteiger partial charge in [-0.3, -0.25) is 4.79 Å². The van der Waals surface area contributed by atoms with Gasteiger partial charge in [0.05, 0.1) is 13.2 Å². The minimum absolute atomic E-state index is 0.0152. The summed E-state index contributed by atoms with van der Waals surface area (Å²) < 4.78 is 11.1. The van der Waals surface area contributed by atoms with Crippen molar-refractivity contribution < 1.29 is 14.3 Å². The predicted molar refractivity (Wildman–Crippen MR) is 91.1 cm³/mol. The van der Waals surface area contributed by atoms with Crippen LogP contribution in [0.1, 0.15) is 50.4 Å². The van der Waals surface area contributed by atoms with Gasteiger partial charge in [0.15, 0.2) is 11.5 Å². The van der Waals surface area contributed by atoms with Gasteiger partial charge in [-0.1, -0.05) is 0 Å². The normalized spacial score (nSPS) is 19.6. The Bertz CT molecular complexity index is 543. The average molecular weight is 320 g/mol. The van der Waals surface area contributed by atoms with Crippen molar-refractivity contribution in [2.24, 2.45) is 5.73 Å². The fourth-order valence-electron chi connectivity index (χ4n) is 3.07. The van der Waals surface area contributed by atoms with Gasteiger partial charge in [0.1, 0.15) is 0 Å². The number of piperidine rings is 1. The summed E-state index contributed by atoms with van der Waals surface area (Å²) >= 11 is 0. The second kappa shape index (κ2) is 7.68. The number of ether oxygens (including phenoxy) is 2. The Balaban J connectivity index is 2.24. The molecule has 2 N–H and O–H groups in total. The van der Waals surface area contributed by atoms with Crippen LogP contribution >= 0.6 is 0 Å². The summed E-state index contributed by atoms with van der Waals surface area (Å²) in [4.78, 5) is 14.8. The van der Waals surface area contributed by atoms with Gasteiger partial charge in [-0.15, -0.1) is 0 Å². The zero-order chi connectivity index (χ0) is 17.0. The Morgan fingerprint density at radius 3 is 2.61 bits per heavy atom. The molecule has 2 rings (SSSR count). The van der Waals surface area contributed by atoms with Crippen LogP contribution in [0.15, 0.2) is 18.2 Å². The number of rotatable bonds is 5. The molecule has 0 spiro atoms. The summed E-state index contributed by atoms with van der Waals surface area (Å²) in [7, 11) is 1.59. The van der Waals surface area contributed by atoms with Gasteiger partial charge in [0.2, 0.25) is 0 Å². The van der Waals surface area contributed by atoms with Crippen LogP contribution in [-0.4, -0.2) is 42.6 Å². The van der Waals surface area contributed by atoms with Crippen LogP contribution in [0, 0.1) is 0 Å². The largest absolute Gasteiger partial charge is 0.493 e. The Hall–Kier alpha value is -1.75. The Morgan fingerprint density at radius 2 is 2.00 bits per heavy atom. The van der Waals surface area contributed by atoms with Crippen LogP contribution < -0.4 is 15.2 Å². The molecule has 1 amide bonds. The highest BCUT2D eigenvalue weighted by Gasteiger charge is 2.30. The lowest BCUT2D eigenvalue weighted by Gasteiger charge is -2.38. The zero-order valence-electron chi connectivity index (χ0n) is 14.5. The van der Waals surface area contributed by atoms with E-state index in [1.807, 2.05) is 25.7 Å². The Kier molecular flexibility index (Phi) is 5.88. The summed E-state index contributed by atoms with van der Waals surface area (Å²) in [5.74, 6) is 1.25. The molecule has 1 aromatic rings. The van der Waals surface area contributed by atoms with Crippen molar-refractivity contribution in [3.63, 3.8) is 0 Å². The topological polar surface area (TPSA) is 64.8 Å². The molecule has 128 valence electrons. The van der Waals surface area contributed by atoms with E-state index in [0.29, 0.717) is 17.1 Å². The maximum Gasteiger partial charge on any atom is 0.254 e. The minimum Gasteiger partial charge on any atom is -0.493 e. The minimum atomic E-state index is -0.0234. The first-order valence-electron chi connectivity index (χ1n) is 8.35. The molecular weight excluding hydrogens is 292 g/mol. The van der Waals surface area contributed by atoms with E-state index in [1.54, 1.807) is 25.3 Å². The summed E-state index contributed by atoms with van der Waals surface area (Å²) in [5, 5.41) is 0. The Morgan fingerprint density at radius 1 is 1.26 bits per heavy atom. The first-order valence-corrected chi connectivity index (χ1v) is 8.35. The van der Waals surface area contributed by atoms with Crippen LogP contribution in [0.5, 0.6) is 11.5 Å². The smallest absolute Gasteiger partial charge is 0.254 e. The number of benzene rings is 1. The summed E-state index contributed by atoms with van der Waals surface area (Å²) in [5.41, 5.74) is 6.69. The molecule has 0 aromatic heterocycles. The maximum absolute atomic E-state index is 12.9. The third kappa shape index (κ3) is 4.16. The molecule has 2 unspecified atom stereocenters. The molecular formula is C18H28N2O3. The van der Waals surface area contributed by atoms with Crippen molar-refractivity contribution >= 4 is 5.91 Å². The molecule has 1 aromatic carbocycles. The highest BCUT2D eigenvalue weighted by atomic mass is 16.5. The number of methoxy groups -OCH3 is 1. The molecule has 1 aliphatic rings. The van der Waals surface area contributed by atoms with Crippen LogP contribution in [0.25, 0.3) is 0 Å². The number of carbonyl (C=O) groups excluding carboxylic acids is 1. The third-order valence-electron chi connectivity index (χ3n) is 4.19. The number of likely N-dealkylation sites (tertiary alicyclic amines) is 1. The fraction of sp³-hybridized carbons (Fsp3) is 0.611. The van der Waals surface area contributed by atoms with E-state index < -0.39 is 0 Å². The van der Waals surface area contributed by atoms with Crippen LogP contribution in [0.4, 0.5) is 0 Å². The van der Waals surface area contributed by atoms with E-state index >= 15 is 0 Å². The second-order valence-electron chi connectivity index (χ2n) is 6.45. The number of nitrogens with two attached hydrogens (primary N) is 1. The highest BCUT2D eigenvalue weighted by Crippen LogP contribution is 2.30. The number of nitrogens with zero attached hydrogens (tertiary/aromatic N) is 1. The standard InChI is InChI=1S/C18H28N2O3/c1-12(2)23-16-9-8-14(11-17(16)22-4)18(21)20-10-6-5-7-15(20)13(3)19/h8-9,11-13,15H,5-7,10,19H2,1-4H3. The van der Waals surface area contributed by atoms with Gasteiger partial charge in [0.25, 0.3) is 5.91 Å². The second-order valence-corrected chi connectivity index (χ2v) is 6.45. The van der Waals surface area contributed by atoms with Crippen LogP contribution in [0.3, 0.4) is 0 Å². The first kappa shape index (κ1) is 17.6. The SMILES string of the molecule is COc1cc(C(=O)N2CCCCC2C(C)N)ccc1OC(C)C. The first-order chi connectivity index (χ1) is 10.9. The fourth-order valence-corrected chi connectivity index (χ4v) is 3.07. The lowest BCUT2D eigenvalue weighted by atomic mass is 9.96. The van der Waals surface area contributed by atoms with E-state index in [2.05, 4.69) is 0 Å². The van der Waals surface area contributed by atoms with Gasteiger partial charge in [-0.05, 0) is 58.2 Å². The van der Waals surface area contributed by atoms with Crippen molar-refractivity contribution in [2.45, 2.75) is 58.2 Å². The molecule has 0 aliphatic carbocycles. The lowest BCUT2D eigenvalue weighted by Crippen LogP contribution is -2.51. The van der Waals surface area contributed by atoms with E-state index in [1.165, 1.54) is 0 Å². The lowest BCUT2D eigenvalue weighted by molar-refractivity contribution is 0.0583. The molecule has 1 aliphatic heterocycles. The molecule has 0 saturated carbocycles. The monoisotopic (exact) mass is 320 g/mol. The number of hydrogen-bond acceptors (Lipinski definition) is 4. The molecule has 2 atom stereocenters. The summed E-state index contributed by atoms with van der Waals surface area (Å²) in [6, 6.07) is 5.44. The van der Waals surface area contributed by atoms with Crippen molar-refractivity contribution in [2.75, 3.05) is 13.7 Å². The van der Waals surface area contributed by atoms with E-state index in [9.17, 15) is 4.79 Å². The van der Waals surface area contributed by atoms with E-state index in [4.69, 9.17) is 15.2 Å². The Labute approximate surface area is 138 Å². The zero-order valence-corrected chi connectivity index (χ0v) is 14.5. The van der Waals surface area contributed by atoms with Gasteiger partial charge in [-0.25, -0.2) is 0 Å². The third-order valence-corrected chi connectivity index (χ3v) is 4.19. The maximum atomic E-state index is 12.9. The van der Waals surface area contributed by atoms with Gasteiger partial charge in [-0.2, -0.15) is 0 Å². The number of hydrogen-bond donors (Lipinski definition) is 1. The van der Waals surface area contributed by atoms with Crippen molar-refractivity contribution in [3.8, 4) is 11.5 Å². The molecule has 0 radical (unpaired) electrons. The molecule has 1 heterocycles. The van der Waals surface area contributed by atoms with Gasteiger partial charge < -0.3 is 20.1 Å². The van der Waals surface area contributed by atoms with Crippen molar-refractivity contribution in [3.05, 3.63) is 23.8 Å². The van der Waals surface area contributed by atoms with Gasteiger partial charge in [0, 0.05) is 24.2 Å². The quantitative estimate of drug-likeness (QED) is 0.906. The average Bonchev–Trinajstić information content (AvgIpc) is 2.54. The number of carbonyl (C=O) groups is 1. The van der Waals surface area contributed by atoms with E-state index in [0.717, 1.165) is 25.8 Å². The van der Waals surface area contributed by atoms with Gasteiger partial charge >= 0.3 is 0 Å². The molecule has 0 bridgehead atoms. The molecule has 23 heavy (non-hydrogen) atoms. The summed E-state index contributed by atoms with van der Waals surface area (Å²) in [6.07, 6.45) is 3.17. The van der Waals surface area contributed by atoms with Crippen molar-refractivity contribution in [1.82, 2.24) is 4.90 Å².